The molecule has 7 atom stereocenters. The van der Waals surface area contributed by atoms with E-state index in [1.54, 1.807) is 39.8 Å². The van der Waals surface area contributed by atoms with E-state index in [9.17, 15) is 53.4 Å². The zero-order valence-corrected chi connectivity index (χ0v) is 32.8. The molecule has 0 unspecified atom stereocenters. The first kappa shape index (κ1) is 46.6. The van der Waals surface area contributed by atoms with Gasteiger partial charge in [-0.2, -0.15) is 0 Å². The molecule has 0 aromatic heterocycles. The van der Waals surface area contributed by atoms with Crippen LogP contribution in [0.2, 0.25) is 0 Å². The van der Waals surface area contributed by atoms with Gasteiger partial charge in [-0.05, 0) is 36.7 Å². The third-order valence-electron chi connectivity index (χ3n) is 9.35. The van der Waals surface area contributed by atoms with Gasteiger partial charge < -0.3 is 46.4 Å². The van der Waals surface area contributed by atoms with E-state index in [0.717, 1.165) is 12.5 Å². The molecule has 1 saturated heterocycles. The number of carbonyl (C=O) groups is 9. The Labute approximate surface area is 326 Å². The fourth-order valence-corrected chi connectivity index (χ4v) is 6.11. The normalized spacial score (nSPS) is 16.9. The van der Waals surface area contributed by atoms with Crippen molar-refractivity contribution in [1.29, 1.82) is 0 Å². The van der Waals surface area contributed by atoms with Gasteiger partial charge >= 0.3 is 17.9 Å². The van der Waals surface area contributed by atoms with Crippen LogP contribution in [0.25, 0.3) is 0 Å². The number of nitrogens with one attached hydrogen (secondary N) is 5. The first-order valence-electron chi connectivity index (χ1n) is 18.8. The molecule has 1 fully saturated rings. The fourth-order valence-electron chi connectivity index (χ4n) is 6.11. The van der Waals surface area contributed by atoms with Gasteiger partial charge in [0.2, 0.25) is 35.4 Å². The van der Waals surface area contributed by atoms with E-state index in [0.29, 0.717) is 32.1 Å². The lowest BCUT2D eigenvalue weighted by molar-refractivity contribution is -0.150. The van der Waals surface area contributed by atoms with Crippen LogP contribution in [0.15, 0.2) is 30.3 Å². The second-order valence-corrected chi connectivity index (χ2v) is 14.2. The third kappa shape index (κ3) is 14.6. The fraction of sp³-hybridized carbons (Fsp3) is 0.605. The number of aliphatic carboxylic acids is 2. The second kappa shape index (κ2) is 22.7. The molecule has 0 spiro atoms. The third-order valence-corrected chi connectivity index (χ3v) is 9.35. The molecule has 0 saturated carbocycles. The number of amides is 6. The van der Waals surface area contributed by atoms with Crippen molar-refractivity contribution in [3.05, 3.63) is 35.9 Å². The van der Waals surface area contributed by atoms with E-state index in [1.165, 1.54) is 4.90 Å². The van der Waals surface area contributed by atoms with Crippen molar-refractivity contribution < 1.29 is 58.1 Å². The Morgan fingerprint density at radius 1 is 0.768 bits per heavy atom. The number of rotatable bonds is 22. The zero-order chi connectivity index (χ0) is 42.1. The van der Waals surface area contributed by atoms with Crippen LogP contribution in [0.3, 0.4) is 0 Å². The Bertz CT molecular complexity index is 1550. The highest BCUT2D eigenvalue weighted by Gasteiger charge is 2.41. The summed E-state index contributed by atoms with van der Waals surface area (Å²) >= 11 is 0. The van der Waals surface area contributed by atoms with Crippen molar-refractivity contribution in [2.75, 3.05) is 6.54 Å². The summed E-state index contributed by atoms with van der Waals surface area (Å²) in [5.74, 6) is -9.44. The lowest BCUT2D eigenvalue weighted by atomic mass is 9.95. The molecular formula is C38H56N6O12. The van der Waals surface area contributed by atoms with E-state index < -0.39 is 114 Å². The molecule has 1 aromatic carbocycles. The molecule has 1 heterocycles. The van der Waals surface area contributed by atoms with E-state index in [2.05, 4.69) is 26.6 Å². The van der Waals surface area contributed by atoms with Gasteiger partial charge in [-0.1, -0.05) is 77.8 Å². The topological polar surface area (TPSA) is 267 Å². The summed E-state index contributed by atoms with van der Waals surface area (Å²) in [6.07, 6.45) is 0.223. The number of esters is 1. The van der Waals surface area contributed by atoms with E-state index in [1.807, 2.05) is 25.1 Å². The molecule has 56 heavy (non-hydrogen) atoms. The quantitative estimate of drug-likeness (QED) is 0.0798. The van der Waals surface area contributed by atoms with Gasteiger partial charge in [-0.15, -0.1) is 0 Å². The summed E-state index contributed by atoms with van der Waals surface area (Å²) in [5, 5.41) is 30.9. The molecular weight excluding hydrogens is 732 g/mol. The smallest absolute Gasteiger partial charge is 0.328 e. The maximum absolute atomic E-state index is 14.1. The van der Waals surface area contributed by atoms with E-state index in [-0.39, 0.29) is 13.2 Å². The Morgan fingerprint density at radius 2 is 1.34 bits per heavy atom. The van der Waals surface area contributed by atoms with E-state index >= 15 is 0 Å². The number of likely N-dealkylation sites (tertiary alicyclic amines) is 1. The highest BCUT2D eigenvalue weighted by atomic mass is 16.5. The van der Waals surface area contributed by atoms with Crippen LogP contribution < -0.4 is 26.6 Å². The lowest BCUT2D eigenvalue weighted by Crippen LogP contribution is -2.61. The van der Waals surface area contributed by atoms with Crippen molar-refractivity contribution in [2.45, 2.75) is 129 Å². The summed E-state index contributed by atoms with van der Waals surface area (Å²) in [6.45, 7) is 9.88. The monoisotopic (exact) mass is 788 g/mol. The van der Waals surface area contributed by atoms with Gasteiger partial charge in [-0.3, -0.25) is 38.4 Å². The molecule has 18 heteroatoms. The maximum atomic E-state index is 14.1. The van der Waals surface area contributed by atoms with Crippen LogP contribution in [0.4, 0.5) is 0 Å². The molecule has 0 aliphatic carbocycles. The lowest BCUT2D eigenvalue weighted by Gasteiger charge is -2.33. The van der Waals surface area contributed by atoms with Crippen LogP contribution >= 0.6 is 0 Å². The number of carboxylic acids is 2. The summed E-state index contributed by atoms with van der Waals surface area (Å²) in [4.78, 5) is 117. The molecule has 0 radical (unpaired) electrons. The molecule has 6 amide bonds. The van der Waals surface area contributed by atoms with Crippen LogP contribution in [0.5, 0.6) is 0 Å². The summed E-state index contributed by atoms with van der Waals surface area (Å²) in [7, 11) is 0. The van der Waals surface area contributed by atoms with Crippen molar-refractivity contribution in [3.63, 3.8) is 0 Å². The van der Waals surface area contributed by atoms with Crippen molar-refractivity contribution >= 4 is 53.4 Å². The van der Waals surface area contributed by atoms with Gasteiger partial charge in [0, 0.05) is 13.5 Å². The Morgan fingerprint density at radius 3 is 1.88 bits per heavy atom. The molecule has 310 valence electrons. The molecule has 7 N–H and O–H groups in total. The predicted molar refractivity (Wildman–Crippen MR) is 200 cm³/mol. The Hall–Kier alpha value is -5.55. The summed E-state index contributed by atoms with van der Waals surface area (Å²) < 4.78 is 5.46. The highest BCUT2D eigenvalue weighted by molar-refractivity contribution is 5.98. The maximum Gasteiger partial charge on any atom is 0.328 e. The number of benzene rings is 1. The van der Waals surface area contributed by atoms with Crippen LogP contribution in [-0.4, -0.2) is 111 Å². The van der Waals surface area contributed by atoms with Crippen LogP contribution in [0, 0.1) is 11.8 Å². The van der Waals surface area contributed by atoms with Gasteiger partial charge in [-0.25, -0.2) is 4.79 Å². The Kier molecular flexibility index (Phi) is 18.9. The Balaban J connectivity index is 2.23. The molecule has 0 bridgehead atoms. The van der Waals surface area contributed by atoms with Crippen molar-refractivity contribution in [2.24, 2.45) is 11.8 Å². The number of carbonyl (C=O) groups excluding carboxylic acids is 7. The second-order valence-electron chi connectivity index (χ2n) is 14.2. The minimum Gasteiger partial charge on any atom is -0.481 e. The number of ether oxygens (including phenoxy) is 1. The van der Waals surface area contributed by atoms with Crippen LogP contribution in [0.1, 0.15) is 92.1 Å². The van der Waals surface area contributed by atoms with Crippen molar-refractivity contribution in [1.82, 2.24) is 31.5 Å². The highest BCUT2D eigenvalue weighted by Crippen LogP contribution is 2.22. The summed E-state index contributed by atoms with van der Waals surface area (Å²) in [5.41, 5.74) is 0.781. The van der Waals surface area contributed by atoms with E-state index in [4.69, 9.17) is 4.74 Å². The van der Waals surface area contributed by atoms with Gasteiger partial charge in [0.05, 0.1) is 12.8 Å². The molecule has 2 rings (SSSR count). The molecule has 1 aliphatic heterocycles. The van der Waals surface area contributed by atoms with Crippen LogP contribution in [-0.2, 0) is 54.5 Å². The largest absolute Gasteiger partial charge is 0.481 e. The number of hydrogen-bond acceptors (Lipinski definition) is 10. The average molecular weight is 789 g/mol. The zero-order valence-electron chi connectivity index (χ0n) is 32.8. The predicted octanol–water partition coefficient (Wildman–Crippen LogP) is 0.616. The number of carboxylic acid groups (broad SMARTS) is 2. The SMILES string of the molecule is CCC[C@@H](NC(=O)[C@@H]1CCCN1C(=O)[C@@H](NC(=O)[C@@H](NC(=O)[C@@H](CC(=O)O)NC(=O)[C@H](CC(=O)O)NC(C)=O)[C@@H](C)CC)C(C)C)C(=O)OCc1ccccc1. The minimum absolute atomic E-state index is 0.0262. The molecule has 1 aliphatic rings. The first-order chi connectivity index (χ1) is 26.4. The van der Waals surface area contributed by atoms with Gasteiger partial charge in [0.25, 0.3) is 0 Å². The van der Waals surface area contributed by atoms with Gasteiger partial charge in [0.15, 0.2) is 0 Å². The van der Waals surface area contributed by atoms with Crippen molar-refractivity contribution in [3.8, 4) is 0 Å². The standard InChI is InChI=1S/C38H56N6O12/c1-7-13-25(38(55)56-20-24-14-10-9-11-15-24)40-35(52)28-16-12-17-44(28)37(54)31(21(3)4)42-36(53)32(22(5)8-2)43-34(51)27(19-30(48)49)41-33(50)26(18-29(46)47)39-23(6)45/h9-11,14-15,21-22,25-28,31-32H,7-8,12-13,16-20H2,1-6H3,(H,39,45)(H,40,52)(H,41,50)(H,42,53)(H,43,51)(H,46,47)(H,48,49)/t22-,25+,26-,27+,28-,31-,32-/m0/s1. The first-order valence-corrected chi connectivity index (χ1v) is 18.8. The number of hydrogen-bond donors (Lipinski definition) is 7. The average Bonchev–Trinajstić information content (AvgIpc) is 3.63. The van der Waals surface area contributed by atoms with Gasteiger partial charge in [0.1, 0.15) is 42.9 Å². The molecule has 1 aromatic rings. The molecule has 18 nitrogen and oxygen atoms in total. The summed E-state index contributed by atoms with van der Waals surface area (Å²) in [6, 6.07) is 1.31. The number of nitrogens with zero attached hydrogens (tertiary/aromatic N) is 1. The minimum atomic E-state index is -1.78.